The van der Waals surface area contributed by atoms with Crippen molar-refractivity contribution < 1.29 is 9.26 Å². The second kappa shape index (κ2) is 7.15. The maximum Gasteiger partial charge on any atom is 0.294 e. The van der Waals surface area contributed by atoms with E-state index in [-0.39, 0.29) is 0 Å². The molecule has 0 aromatic carbocycles. The van der Waals surface area contributed by atoms with Crippen LogP contribution in [0.1, 0.15) is 36.5 Å². The largest absolute Gasteiger partial charge is 0.469 e. The number of nitrogens with zero attached hydrogens (tertiary/aromatic N) is 5. The molecule has 120 valence electrons. The van der Waals surface area contributed by atoms with Crippen molar-refractivity contribution in [2.24, 2.45) is 5.92 Å². The van der Waals surface area contributed by atoms with Gasteiger partial charge in [0.05, 0.1) is 13.2 Å². The van der Waals surface area contributed by atoms with Gasteiger partial charge in [0.15, 0.2) is 5.82 Å². The molecule has 0 aliphatic carbocycles. The molecule has 0 bridgehead atoms. The highest BCUT2D eigenvalue weighted by atomic mass is 32.1. The number of aromatic nitrogens is 4. The number of rotatable bonds is 6. The van der Waals surface area contributed by atoms with Crippen molar-refractivity contribution in [3.8, 4) is 5.19 Å². The molecule has 0 spiro atoms. The molecule has 22 heavy (non-hydrogen) atoms. The molecule has 0 unspecified atom stereocenters. The Bertz CT molecular complexity index is 600. The Morgan fingerprint density at radius 2 is 2.32 bits per heavy atom. The summed E-state index contributed by atoms with van der Waals surface area (Å²) in [6, 6.07) is 0. The summed E-state index contributed by atoms with van der Waals surface area (Å²) >= 11 is 1.53. The first-order chi connectivity index (χ1) is 10.7. The summed E-state index contributed by atoms with van der Waals surface area (Å²) < 4.78 is 10.6. The van der Waals surface area contributed by atoms with E-state index in [2.05, 4.69) is 25.2 Å². The second-order valence-electron chi connectivity index (χ2n) is 5.58. The fraction of sp³-hybridized carbons (Fsp3) is 0.714. The summed E-state index contributed by atoms with van der Waals surface area (Å²) in [6.45, 7) is 7.41. The summed E-state index contributed by atoms with van der Waals surface area (Å²) in [4.78, 5) is 6.73. The first kappa shape index (κ1) is 15.4. The van der Waals surface area contributed by atoms with Crippen LogP contribution in [0.15, 0.2) is 4.52 Å². The van der Waals surface area contributed by atoms with E-state index in [0.29, 0.717) is 23.5 Å². The molecule has 1 atom stereocenters. The minimum absolute atomic E-state index is 0.563. The van der Waals surface area contributed by atoms with Gasteiger partial charge in [0.2, 0.25) is 5.89 Å². The van der Waals surface area contributed by atoms with Crippen LogP contribution in [-0.4, -0.2) is 44.9 Å². The molecule has 7 nitrogen and oxygen atoms in total. The predicted octanol–water partition coefficient (Wildman–Crippen LogP) is 2.08. The lowest BCUT2D eigenvalue weighted by atomic mass is 9.95. The number of ether oxygens (including phenoxy) is 1. The van der Waals surface area contributed by atoms with Crippen molar-refractivity contribution in [2.45, 2.75) is 39.7 Å². The third-order valence-corrected chi connectivity index (χ3v) is 4.53. The van der Waals surface area contributed by atoms with Gasteiger partial charge in [-0.1, -0.05) is 16.5 Å². The third-order valence-electron chi connectivity index (χ3n) is 3.71. The number of piperidine rings is 1. The van der Waals surface area contributed by atoms with Gasteiger partial charge in [-0.25, -0.2) is 0 Å². The fourth-order valence-corrected chi connectivity index (χ4v) is 3.60. The number of likely N-dealkylation sites (tertiary alicyclic amines) is 1. The predicted molar refractivity (Wildman–Crippen MR) is 81.8 cm³/mol. The molecule has 1 saturated heterocycles. The van der Waals surface area contributed by atoms with Crippen LogP contribution in [0.3, 0.4) is 0 Å². The maximum absolute atomic E-state index is 5.38. The standard InChI is InChI=1S/C14H21N5O2S/c1-3-20-14-17-16-13(22-14)9-19-6-4-5-11(8-19)7-12-15-10(2)18-21-12/h11H,3-9H2,1-2H3/t11-/m1/s1. The van der Waals surface area contributed by atoms with Gasteiger partial charge in [-0.2, -0.15) is 4.98 Å². The summed E-state index contributed by atoms with van der Waals surface area (Å²) in [5, 5.41) is 13.8. The van der Waals surface area contributed by atoms with Crippen molar-refractivity contribution in [1.82, 2.24) is 25.2 Å². The van der Waals surface area contributed by atoms with E-state index >= 15 is 0 Å². The molecular weight excluding hydrogens is 302 g/mol. The van der Waals surface area contributed by atoms with Crippen LogP contribution in [0, 0.1) is 12.8 Å². The van der Waals surface area contributed by atoms with Crippen LogP contribution >= 0.6 is 11.3 Å². The Morgan fingerprint density at radius 1 is 1.41 bits per heavy atom. The van der Waals surface area contributed by atoms with Gasteiger partial charge in [-0.15, -0.1) is 10.2 Å². The molecular formula is C14H21N5O2S. The lowest BCUT2D eigenvalue weighted by molar-refractivity contribution is 0.160. The minimum Gasteiger partial charge on any atom is -0.469 e. The van der Waals surface area contributed by atoms with Crippen molar-refractivity contribution in [2.75, 3.05) is 19.7 Å². The zero-order chi connectivity index (χ0) is 15.4. The molecule has 1 fully saturated rings. The molecule has 8 heteroatoms. The number of hydrogen-bond acceptors (Lipinski definition) is 8. The summed E-state index contributed by atoms with van der Waals surface area (Å²) in [5.74, 6) is 2.02. The third kappa shape index (κ3) is 4.01. The van der Waals surface area contributed by atoms with Crippen molar-refractivity contribution in [3.63, 3.8) is 0 Å². The fourth-order valence-electron chi connectivity index (χ4n) is 2.81. The summed E-state index contributed by atoms with van der Waals surface area (Å²) in [7, 11) is 0. The van der Waals surface area contributed by atoms with E-state index in [1.165, 1.54) is 24.2 Å². The average molecular weight is 323 g/mol. The molecule has 0 N–H and O–H groups in total. The van der Waals surface area contributed by atoms with E-state index < -0.39 is 0 Å². The monoisotopic (exact) mass is 323 g/mol. The Labute approximate surface area is 133 Å². The highest BCUT2D eigenvalue weighted by Crippen LogP contribution is 2.24. The van der Waals surface area contributed by atoms with Gasteiger partial charge in [0.1, 0.15) is 5.01 Å². The molecule has 2 aromatic heterocycles. The molecule has 0 saturated carbocycles. The van der Waals surface area contributed by atoms with Crippen LogP contribution in [-0.2, 0) is 13.0 Å². The smallest absolute Gasteiger partial charge is 0.294 e. The Balaban J connectivity index is 1.53. The van der Waals surface area contributed by atoms with Gasteiger partial charge >= 0.3 is 0 Å². The lowest BCUT2D eigenvalue weighted by Gasteiger charge is -2.31. The lowest BCUT2D eigenvalue weighted by Crippen LogP contribution is -2.35. The van der Waals surface area contributed by atoms with Crippen molar-refractivity contribution in [1.29, 1.82) is 0 Å². The molecule has 3 heterocycles. The Hall–Kier alpha value is -1.54. The van der Waals surface area contributed by atoms with Crippen LogP contribution < -0.4 is 4.74 Å². The minimum atomic E-state index is 0.563. The van der Waals surface area contributed by atoms with E-state index in [1.807, 2.05) is 13.8 Å². The first-order valence-corrected chi connectivity index (χ1v) is 8.51. The molecule has 1 aliphatic rings. The van der Waals surface area contributed by atoms with Crippen LogP contribution in [0.5, 0.6) is 5.19 Å². The van der Waals surface area contributed by atoms with Crippen molar-refractivity contribution in [3.05, 3.63) is 16.7 Å². The number of aryl methyl sites for hydroxylation is 1. The van der Waals surface area contributed by atoms with E-state index in [9.17, 15) is 0 Å². The quantitative estimate of drug-likeness (QED) is 0.805. The van der Waals surface area contributed by atoms with Gasteiger partial charge < -0.3 is 9.26 Å². The average Bonchev–Trinajstić information content (AvgIpc) is 3.09. The molecule has 0 amide bonds. The molecule has 3 rings (SSSR count). The van der Waals surface area contributed by atoms with Gasteiger partial charge in [0, 0.05) is 13.0 Å². The highest BCUT2D eigenvalue weighted by Gasteiger charge is 2.23. The molecule has 2 aromatic rings. The molecule has 1 aliphatic heterocycles. The van der Waals surface area contributed by atoms with Gasteiger partial charge in [-0.05, 0) is 39.2 Å². The van der Waals surface area contributed by atoms with Gasteiger partial charge in [-0.3, -0.25) is 4.90 Å². The second-order valence-corrected chi connectivity index (χ2v) is 6.60. The van der Waals surface area contributed by atoms with Crippen LogP contribution in [0.2, 0.25) is 0 Å². The SMILES string of the molecule is CCOc1nnc(CN2CCC[C@H](Cc3nc(C)no3)C2)s1. The zero-order valence-electron chi connectivity index (χ0n) is 13.0. The van der Waals surface area contributed by atoms with E-state index in [1.54, 1.807) is 0 Å². The van der Waals surface area contributed by atoms with E-state index in [4.69, 9.17) is 9.26 Å². The maximum atomic E-state index is 5.38. The number of hydrogen-bond donors (Lipinski definition) is 0. The van der Waals surface area contributed by atoms with E-state index in [0.717, 1.165) is 37.0 Å². The van der Waals surface area contributed by atoms with Crippen LogP contribution in [0.25, 0.3) is 0 Å². The zero-order valence-corrected chi connectivity index (χ0v) is 13.8. The topological polar surface area (TPSA) is 77.2 Å². The van der Waals surface area contributed by atoms with Gasteiger partial charge in [0.25, 0.3) is 5.19 Å². The highest BCUT2D eigenvalue weighted by molar-refractivity contribution is 7.13. The Morgan fingerprint density at radius 3 is 3.09 bits per heavy atom. The summed E-state index contributed by atoms with van der Waals surface area (Å²) in [5.41, 5.74) is 0. The Kier molecular flexibility index (Phi) is 4.99. The summed E-state index contributed by atoms with van der Waals surface area (Å²) in [6.07, 6.45) is 3.25. The first-order valence-electron chi connectivity index (χ1n) is 7.69. The van der Waals surface area contributed by atoms with Crippen molar-refractivity contribution >= 4 is 11.3 Å². The normalized spacial score (nSPS) is 19.5. The molecule has 0 radical (unpaired) electrons. The van der Waals surface area contributed by atoms with Crippen LogP contribution in [0.4, 0.5) is 0 Å².